The summed E-state index contributed by atoms with van der Waals surface area (Å²) in [6.45, 7) is 3.67. The number of Topliss-reactive ketones (excluding diaryl/α,β-unsaturated/α-hetero) is 1. The fraction of sp³-hybridized carbons (Fsp3) is 0.167. The van der Waals surface area contributed by atoms with Crippen LogP contribution in [-0.4, -0.2) is 16.5 Å². The molecule has 0 unspecified atom stereocenters. The molecule has 23 heavy (non-hydrogen) atoms. The van der Waals surface area contributed by atoms with Crippen LogP contribution >= 0.6 is 0 Å². The van der Waals surface area contributed by atoms with Gasteiger partial charge in [0.25, 0.3) is 5.78 Å². The number of alkyl halides is 3. The van der Waals surface area contributed by atoms with Crippen LogP contribution in [0.2, 0.25) is 0 Å². The molecule has 0 saturated carbocycles. The molecule has 118 valence electrons. The number of aryl methyl sites for hydroxylation is 2. The van der Waals surface area contributed by atoms with Crippen molar-refractivity contribution in [3.8, 4) is 5.69 Å². The van der Waals surface area contributed by atoms with Crippen LogP contribution < -0.4 is 0 Å². The van der Waals surface area contributed by atoms with E-state index in [9.17, 15) is 18.0 Å². The lowest BCUT2D eigenvalue weighted by Gasteiger charge is -2.13. The van der Waals surface area contributed by atoms with Crippen molar-refractivity contribution in [2.45, 2.75) is 20.0 Å². The fourth-order valence-corrected chi connectivity index (χ4v) is 2.69. The largest absolute Gasteiger partial charge is 0.456 e. The number of fused-ring (bicyclic) bond motifs is 1. The number of aromatic nitrogens is 1. The molecule has 2 nitrogen and oxygen atoms in total. The summed E-state index contributed by atoms with van der Waals surface area (Å²) in [5.74, 6) is -1.83. The number of nitrogens with zero attached hydrogens (tertiary/aromatic N) is 1. The highest BCUT2D eigenvalue weighted by Crippen LogP contribution is 2.31. The highest BCUT2D eigenvalue weighted by molar-refractivity contribution is 6.10. The summed E-state index contributed by atoms with van der Waals surface area (Å²) >= 11 is 0. The van der Waals surface area contributed by atoms with Crippen LogP contribution in [0.25, 0.3) is 16.5 Å². The minimum Gasteiger partial charge on any atom is -0.312 e. The lowest BCUT2D eigenvalue weighted by Crippen LogP contribution is -2.25. The Morgan fingerprint density at radius 2 is 1.74 bits per heavy atom. The molecule has 5 heteroatoms. The van der Waals surface area contributed by atoms with Crippen molar-refractivity contribution in [2.75, 3.05) is 0 Å². The van der Waals surface area contributed by atoms with Gasteiger partial charge in [0.15, 0.2) is 0 Å². The Labute approximate surface area is 131 Å². The second-order valence-electron chi connectivity index (χ2n) is 5.55. The summed E-state index contributed by atoms with van der Waals surface area (Å²) in [4.78, 5) is 12.0. The Morgan fingerprint density at radius 1 is 1.04 bits per heavy atom. The highest BCUT2D eigenvalue weighted by Gasteiger charge is 2.42. The van der Waals surface area contributed by atoms with Gasteiger partial charge in [0.1, 0.15) is 5.69 Å². The number of carbonyl (C=O) groups excluding carboxylic acids is 1. The molecular formula is C18H14F3NO. The van der Waals surface area contributed by atoms with Crippen molar-refractivity contribution in [1.82, 2.24) is 4.57 Å². The second kappa shape index (κ2) is 5.26. The molecule has 0 atom stereocenters. The summed E-state index contributed by atoms with van der Waals surface area (Å²) in [6, 6.07) is 12.1. The zero-order chi connectivity index (χ0) is 16.8. The van der Waals surface area contributed by atoms with E-state index in [1.54, 1.807) is 37.4 Å². The van der Waals surface area contributed by atoms with Crippen LogP contribution in [0, 0.1) is 13.8 Å². The molecule has 0 fully saturated rings. The van der Waals surface area contributed by atoms with E-state index in [2.05, 4.69) is 0 Å². The normalized spacial score (nSPS) is 11.9. The van der Waals surface area contributed by atoms with E-state index < -0.39 is 12.0 Å². The van der Waals surface area contributed by atoms with E-state index in [1.807, 2.05) is 19.1 Å². The molecule has 1 aromatic heterocycles. The molecule has 0 saturated heterocycles. The first-order valence-electron chi connectivity index (χ1n) is 7.08. The molecule has 1 heterocycles. The Kier molecular flexibility index (Phi) is 3.51. The van der Waals surface area contributed by atoms with Crippen LogP contribution in [-0.2, 0) is 0 Å². The van der Waals surface area contributed by atoms with Gasteiger partial charge in [-0.2, -0.15) is 13.2 Å². The van der Waals surface area contributed by atoms with Gasteiger partial charge < -0.3 is 4.57 Å². The smallest absolute Gasteiger partial charge is 0.312 e. The van der Waals surface area contributed by atoms with Crippen LogP contribution in [0.1, 0.15) is 21.6 Å². The maximum Gasteiger partial charge on any atom is 0.456 e. The van der Waals surface area contributed by atoms with Gasteiger partial charge in [-0.3, -0.25) is 4.79 Å². The molecule has 0 N–H and O–H groups in total. The Hall–Kier alpha value is -2.56. The van der Waals surface area contributed by atoms with Gasteiger partial charge in [-0.25, -0.2) is 0 Å². The minimum atomic E-state index is -4.92. The van der Waals surface area contributed by atoms with Gasteiger partial charge in [0.2, 0.25) is 0 Å². The molecule has 0 radical (unpaired) electrons. The van der Waals surface area contributed by atoms with Crippen molar-refractivity contribution in [1.29, 1.82) is 0 Å². The molecule has 2 aromatic carbocycles. The number of hydrogen-bond acceptors (Lipinski definition) is 1. The maximum absolute atomic E-state index is 13.1. The van der Waals surface area contributed by atoms with Crippen LogP contribution in [0.15, 0.2) is 48.7 Å². The zero-order valence-electron chi connectivity index (χ0n) is 12.6. The summed E-state index contributed by atoms with van der Waals surface area (Å²) in [5, 5.41) is 0.900. The molecule has 0 spiro atoms. The monoisotopic (exact) mass is 317 g/mol. The van der Waals surface area contributed by atoms with Crippen LogP contribution in [0.4, 0.5) is 13.2 Å². The third-order valence-corrected chi connectivity index (χ3v) is 3.82. The van der Waals surface area contributed by atoms with Gasteiger partial charge >= 0.3 is 6.18 Å². The fourth-order valence-electron chi connectivity index (χ4n) is 2.69. The maximum atomic E-state index is 13.1. The van der Waals surface area contributed by atoms with Crippen molar-refractivity contribution in [2.24, 2.45) is 0 Å². The predicted octanol–water partition coefficient (Wildman–Crippen LogP) is 4.99. The standard InChI is InChI=1S/C18H14F3NO/c1-11-7-8-12(2)15(9-11)22-10-13-5-3-4-6-14(13)16(22)17(23)18(19,20)21/h3-10H,1-2H3. The SMILES string of the molecule is Cc1ccc(C)c(-n2cc3ccccc3c2C(=O)C(F)(F)F)c1. The van der Waals surface area contributed by atoms with E-state index in [4.69, 9.17) is 0 Å². The molecule has 3 rings (SSSR count). The molecule has 0 amide bonds. The van der Waals surface area contributed by atoms with Crippen LogP contribution in [0.3, 0.4) is 0 Å². The summed E-state index contributed by atoms with van der Waals surface area (Å²) in [5.41, 5.74) is 1.94. The quantitative estimate of drug-likeness (QED) is 0.610. The molecule has 0 aliphatic carbocycles. The van der Waals surface area contributed by atoms with Crippen molar-refractivity contribution in [3.05, 3.63) is 65.5 Å². The number of hydrogen-bond donors (Lipinski definition) is 0. The average Bonchev–Trinajstić information content (AvgIpc) is 2.87. The highest BCUT2D eigenvalue weighted by atomic mass is 19.4. The average molecular weight is 317 g/mol. The first kappa shape index (κ1) is 15.3. The van der Waals surface area contributed by atoms with Gasteiger partial charge in [-0.15, -0.1) is 0 Å². The first-order chi connectivity index (χ1) is 10.8. The summed E-state index contributed by atoms with van der Waals surface area (Å²) in [6.07, 6.45) is -3.34. The topological polar surface area (TPSA) is 22.0 Å². The lowest BCUT2D eigenvalue weighted by atomic mass is 10.1. The van der Waals surface area contributed by atoms with E-state index in [-0.39, 0.29) is 5.69 Å². The summed E-state index contributed by atoms with van der Waals surface area (Å²) < 4.78 is 40.5. The van der Waals surface area contributed by atoms with Crippen molar-refractivity contribution >= 4 is 16.6 Å². The third kappa shape index (κ3) is 2.63. The van der Waals surface area contributed by atoms with Crippen LogP contribution in [0.5, 0.6) is 0 Å². The molecular weight excluding hydrogens is 303 g/mol. The van der Waals surface area contributed by atoms with E-state index in [0.717, 1.165) is 11.1 Å². The van der Waals surface area contributed by atoms with Crippen molar-refractivity contribution in [3.63, 3.8) is 0 Å². The van der Waals surface area contributed by atoms with Gasteiger partial charge in [0, 0.05) is 22.7 Å². The molecule has 0 aliphatic rings. The number of carbonyl (C=O) groups is 1. The van der Waals surface area contributed by atoms with Gasteiger partial charge in [-0.05, 0) is 31.0 Å². The number of benzene rings is 2. The minimum absolute atomic E-state index is 0.302. The Morgan fingerprint density at radius 3 is 2.43 bits per heavy atom. The third-order valence-electron chi connectivity index (χ3n) is 3.82. The Balaban J connectivity index is 2.37. The number of halogens is 3. The molecule has 0 bridgehead atoms. The Bertz CT molecular complexity index is 906. The lowest BCUT2D eigenvalue weighted by molar-refractivity contribution is -0.0888. The zero-order valence-corrected chi connectivity index (χ0v) is 12.6. The van der Waals surface area contributed by atoms with Gasteiger partial charge in [-0.1, -0.05) is 36.4 Å². The summed E-state index contributed by atoms with van der Waals surface area (Å²) in [7, 11) is 0. The number of ketones is 1. The molecule has 3 aromatic rings. The van der Waals surface area contributed by atoms with E-state index in [0.29, 0.717) is 16.5 Å². The predicted molar refractivity (Wildman–Crippen MR) is 83.1 cm³/mol. The first-order valence-corrected chi connectivity index (χ1v) is 7.08. The number of rotatable bonds is 2. The second-order valence-corrected chi connectivity index (χ2v) is 5.55. The van der Waals surface area contributed by atoms with Gasteiger partial charge in [0.05, 0.1) is 0 Å². The van der Waals surface area contributed by atoms with Crippen molar-refractivity contribution < 1.29 is 18.0 Å². The molecule has 0 aliphatic heterocycles. The van der Waals surface area contributed by atoms with E-state index >= 15 is 0 Å². The van der Waals surface area contributed by atoms with E-state index in [1.165, 1.54) is 10.6 Å².